The second-order valence-electron chi connectivity index (χ2n) is 15.6. The number of aliphatic hydroxyl groups is 1. The average molecular weight is 787 g/mol. The number of carbonyl (C=O) groups is 6. The van der Waals surface area contributed by atoms with Gasteiger partial charge in [0.05, 0.1) is 48.8 Å². The number of rotatable bonds is 10. The van der Waals surface area contributed by atoms with Crippen molar-refractivity contribution in [3.63, 3.8) is 0 Å². The number of hydrogen-bond acceptors (Lipinski definition) is 10. The summed E-state index contributed by atoms with van der Waals surface area (Å²) in [7, 11) is 0. The number of fused-ring (bicyclic) bond motifs is 5. The molecule has 3 atom stereocenters. The monoisotopic (exact) mass is 786 g/mol. The fourth-order valence-corrected chi connectivity index (χ4v) is 8.30. The third kappa shape index (κ3) is 6.49. The zero-order chi connectivity index (χ0) is 41.2. The fourth-order valence-electron chi connectivity index (χ4n) is 8.30. The number of aryl methyl sites for hydroxylation is 1. The highest BCUT2D eigenvalue weighted by Crippen LogP contribution is 2.43. The number of aromatic nitrogens is 2. The van der Waals surface area contributed by atoms with E-state index in [1.165, 1.54) is 19.1 Å². The molecule has 0 fully saturated rings. The van der Waals surface area contributed by atoms with Crippen molar-refractivity contribution >= 4 is 57.6 Å². The number of nitrogens with one attached hydrogen (secondary N) is 3. The third-order valence-corrected chi connectivity index (χ3v) is 11.5. The Labute approximate surface area is 332 Å². The SMILES string of the molecule is CC[C@@]1(O)COCc2c1cc1n(c2=O)Cc2c-1nc1ccc(NC(=O)[C@H](C)NC(=O)[C@@H](NC(=O)Cc3ccc(N4C(=O)C=CC4=O)cc3)C(C)C)c3c1c2C(=O)CC3. The number of amides is 5. The highest BCUT2D eigenvalue weighted by atomic mass is 16.5. The van der Waals surface area contributed by atoms with Crippen molar-refractivity contribution in [1.29, 1.82) is 0 Å². The first-order valence-corrected chi connectivity index (χ1v) is 19.3. The Morgan fingerprint density at radius 2 is 1.64 bits per heavy atom. The van der Waals surface area contributed by atoms with E-state index >= 15 is 0 Å². The van der Waals surface area contributed by atoms with Gasteiger partial charge in [0.15, 0.2) is 5.78 Å². The van der Waals surface area contributed by atoms with E-state index in [0.717, 1.165) is 10.5 Å². The van der Waals surface area contributed by atoms with Crippen molar-refractivity contribution in [3.8, 4) is 11.4 Å². The van der Waals surface area contributed by atoms with Crippen LogP contribution in [-0.2, 0) is 60.3 Å². The third-order valence-electron chi connectivity index (χ3n) is 11.5. The molecule has 8 rings (SSSR count). The van der Waals surface area contributed by atoms with Crippen molar-refractivity contribution in [3.05, 3.63) is 98.4 Å². The number of benzene rings is 2. The molecule has 0 radical (unpaired) electrons. The fraction of sp³-hybridized carbons (Fsp3) is 0.349. The van der Waals surface area contributed by atoms with Crippen LogP contribution >= 0.6 is 0 Å². The summed E-state index contributed by atoms with van der Waals surface area (Å²) in [5.74, 6) is -2.80. The van der Waals surface area contributed by atoms with E-state index in [2.05, 4.69) is 16.0 Å². The number of ether oxygens (including phenoxy) is 1. The molecule has 2 aromatic carbocycles. The van der Waals surface area contributed by atoms with Crippen LogP contribution in [0.3, 0.4) is 0 Å². The molecule has 0 bridgehead atoms. The highest BCUT2D eigenvalue weighted by Gasteiger charge is 2.40. The van der Waals surface area contributed by atoms with Crippen LogP contribution in [0, 0.1) is 5.92 Å². The van der Waals surface area contributed by atoms with Crippen molar-refractivity contribution < 1.29 is 38.6 Å². The van der Waals surface area contributed by atoms with Crippen molar-refractivity contribution in [1.82, 2.24) is 20.2 Å². The minimum absolute atomic E-state index is 0.0671. The maximum absolute atomic E-state index is 13.8. The van der Waals surface area contributed by atoms with E-state index in [0.29, 0.717) is 74.3 Å². The van der Waals surface area contributed by atoms with Crippen LogP contribution in [0.5, 0.6) is 0 Å². The molecule has 4 aliphatic rings. The van der Waals surface area contributed by atoms with Crippen LogP contribution in [0.15, 0.2) is 59.4 Å². The Morgan fingerprint density at radius 3 is 2.33 bits per heavy atom. The molecule has 0 spiro atoms. The first kappa shape index (κ1) is 38.5. The van der Waals surface area contributed by atoms with Crippen LogP contribution in [0.1, 0.15) is 78.7 Å². The van der Waals surface area contributed by atoms with Crippen LogP contribution in [0.4, 0.5) is 11.4 Å². The molecule has 2 aromatic heterocycles. The largest absolute Gasteiger partial charge is 0.383 e. The second kappa shape index (κ2) is 14.6. The van der Waals surface area contributed by atoms with Gasteiger partial charge >= 0.3 is 0 Å². The van der Waals surface area contributed by atoms with Gasteiger partial charge in [-0.15, -0.1) is 0 Å². The average Bonchev–Trinajstić information content (AvgIpc) is 3.74. The summed E-state index contributed by atoms with van der Waals surface area (Å²) in [5.41, 5.74) is 4.13. The summed E-state index contributed by atoms with van der Waals surface area (Å²) in [4.78, 5) is 97.5. The summed E-state index contributed by atoms with van der Waals surface area (Å²) in [5, 5.41) is 20.3. The molecular formula is C43H42N6O9. The zero-order valence-corrected chi connectivity index (χ0v) is 32.4. The van der Waals surface area contributed by atoms with E-state index in [9.17, 15) is 38.7 Å². The van der Waals surface area contributed by atoms with E-state index in [4.69, 9.17) is 9.72 Å². The number of imide groups is 1. The summed E-state index contributed by atoms with van der Waals surface area (Å²) in [6.45, 7) is 7.19. The van der Waals surface area contributed by atoms with Gasteiger partial charge in [-0.3, -0.25) is 33.6 Å². The molecule has 5 amide bonds. The number of nitrogens with zero attached hydrogens (tertiary/aromatic N) is 3. The number of anilines is 2. The lowest BCUT2D eigenvalue weighted by atomic mass is 9.84. The molecule has 0 unspecified atom stereocenters. The minimum Gasteiger partial charge on any atom is -0.383 e. The van der Waals surface area contributed by atoms with E-state index in [1.54, 1.807) is 60.9 Å². The second-order valence-corrected chi connectivity index (χ2v) is 15.6. The maximum Gasteiger partial charge on any atom is 0.258 e. The van der Waals surface area contributed by atoms with Gasteiger partial charge in [-0.2, -0.15) is 0 Å². The van der Waals surface area contributed by atoms with E-state index < -0.39 is 47.2 Å². The topological polar surface area (TPSA) is 206 Å². The predicted molar refractivity (Wildman–Crippen MR) is 212 cm³/mol. The quantitative estimate of drug-likeness (QED) is 0.152. The molecule has 15 nitrogen and oxygen atoms in total. The molecule has 58 heavy (non-hydrogen) atoms. The summed E-state index contributed by atoms with van der Waals surface area (Å²) in [6.07, 6.45) is 3.19. The molecule has 0 saturated carbocycles. The lowest BCUT2D eigenvalue weighted by Gasteiger charge is -2.33. The normalized spacial score (nSPS) is 18.9. The van der Waals surface area contributed by atoms with E-state index in [1.807, 2.05) is 6.92 Å². The van der Waals surface area contributed by atoms with Gasteiger partial charge in [-0.25, -0.2) is 9.88 Å². The molecule has 3 aliphatic heterocycles. The predicted octanol–water partition coefficient (Wildman–Crippen LogP) is 2.94. The molecule has 4 aromatic rings. The van der Waals surface area contributed by atoms with Gasteiger partial charge in [0, 0.05) is 46.3 Å². The number of carbonyl (C=O) groups excluding carboxylic acids is 6. The Kier molecular flexibility index (Phi) is 9.68. The Morgan fingerprint density at radius 1 is 0.914 bits per heavy atom. The minimum atomic E-state index is -1.32. The number of ketones is 1. The van der Waals surface area contributed by atoms with Crippen LogP contribution in [0.25, 0.3) is 22.3 Å². The van der Waals surface area contributed by atoms with Crippen molar-refractivity contribution in [2.75, 3.05) is 16.8 Å². The number of hydrogen-bond donors (Lipinski definition) is 4. The number of Topliss-reactive ketones (excluding diaryl/α,β-unsaturated/α-hetero) is 1. The van der Waals surface area contributed by atoms with Crippen molar-refractivity contribution in [2.45, 2.75) is 84.2 Å². The smallest absolute Gasteiger partial charge is 0.258 e. The molecule has 298 valence electrons. The summed E-state index contributed by atoms with van der Waals surface area (Å²) < 4.78 is 7.19. The van der Waals surface area contributed by atoms with Gasteiger partial charge < -0.3 is 30.4 Å². The first-order valence-electron chi connectivity index (χ1n) is 19.3. The van der Waals surface area contributed by atoms with Crippen LogP contribution < -0.4 is 26.4 Å². The van der Waals surface area contributed by atoms with Gasteiger partial charge in [-0.05, 0) is 72.7 Å². The molecule has 0 saturated heterocycles. The molecule has 4 N–H and O–H groups in total. The molecule has 1 aliphatic carbocycles. The molecular weight excluding hydrogens is 745 g/mol. The Bertz CT molecular complexity index is 2560. The summed E-state index contributed by atoms with van der Waals surface area (Å²) >= 11 is 0. The lowest BCUT2D eigenvalue weighted by molar-refractivity contribution is -0.131. The van der Waals surface area contributed by atoms with Crippen LogP contribution in [0.2, 0.25) is 0 Å². The lowest BCUT2D eigenvalue weighted by Crippen LogP contribution is -2.54. The van der Waals surface area contributed by atoms with E-state index in [-0.39, 0.29) is 49.9 Å². The van der Waals surface area contributed by atoms with Gasteiger partial charge in [-0.1, -0.05) is 32.9 Å². The standard InChI is InChI=1S/C43H42N6O9/c1-5-43(57)20-58-19-27-28(43)17-31-39-26(18-48(31)42(27)56)37-32(50)13-10-25-29(11-12-30(45-39)36(25)37)46-40(54)22(4)44-41(55)38(21(2)3)47-33(51)16-23-6-8-24(9-7-23)49-34(52)14-15-35(49)53/h6-9,11-12,14-15,17,21-22,38,57H,5,10,13,16,18-20H2,1-4H3,(H,44,55)(H,46,54)(H,47,51)/t22-,38-,43+/m0/s1. The van der Waals surface area contributed by atoms with Gasteiger partial charge in [0.25, 0.3) is 17.4 Å². The van der Waals surface area contributed by atoms with Crippen LogP contribution in [-0.4, -0.2) is 68.7 Å². The summed E-state index contributed by atoms with van der Waals surface area (Å²) in [6, 6.07) is 9.67. The molecule has 15 heteroatoms. The van der Waals surface area contributed by atoms with Gasteiger partial charge in [0.1, 0.15) is 17.7 Å². The van der Waals surface area contributed by atoms with Gasteiger partial charge in [0.2, 0.25) is 17.7 Å². The Hall–Kier alpha value is -6.32. The highest BCUT2D eigenvalue weighted by molar-refractivity contribution is 6.28. The van der Waals surface area contributed by atoms with Crippen molar-refractivity contribution in [2.24, 2.45) is 5.92 Å². The first-order chi connectivity index (χ1) is 27.7. The Balaban J connectivity index is 0.978. The number of pyridine rings is 2. The zero-order valence-electron chi connectivity index (χ0n) is 32.4. The molecule has 5 heterocycles. The maximum atomic E-state index is 13.8.